The second kappa shape index (κ2) is 9.39. The molecule has 1 aliphatic heterocycles. The van der Waals surface area contributed by atoms with Gasteiger partial charge in [-0.2, -0.15) is 0 Å². The van der Waals surface area contributed by atoms with E-state index < -0.39 is 0 Å². The molecule has 33 heavy (non-hydrogen) atoms. The van der Waals surface area contributed by atoms with Gasteiger partial charge < -0.3 is 25.6 Å². The summed E-state index contributed by atoms with van der Waals surface area (Å²) in [6.45, 7) is 4.71. The molecule has 1 saturated heterocycles. The number of rotatable bonds is 8. The molecule has 174 valence electrons. The van der Waals surface area contributed by atoms with E-state index in [4.69, 9.17) is 9.97 Å². The van der Waals surface area contributed by atoms with Gasteiger partial charge in [-0.15, -0.1) is 0 Å². The number of carbonyl (C=O) groups excluding carboxylic acids is 1. The van der Waals surface area contributed by atoms with Crippen molar-refractivity contribution >= 4 is 22.8 Å². The van der Waals surface area contributed by atoms with Crippen LogP contribution in [0, 0.1) is 5.41 Å². The average Bonchev–Trinajstić information content (AvgIpc) is 3.48. The first-order valence-electron chi connectivity index (χ1n) is 12.0. The van der Waals surface area contributed by atoms with Gasteiger partial charge in [0.15, 0.2) is 0 Å². The Kier molecular flexibility index (Phi) is 6.17. The lowest BCUT2D eigenvalue weighted by atomic mass is 10.1. The molecule has 1 aliphatic carbocycles. The maximum absolute atomic E-state index is 12.2. The van der Waals surface area contributed by atoms with Gasteiger partial charge in [-0.3, -0.25) is 4.79 Å². The van der Waals surface area contributed by atoms with Crippen molar-refractivity contribution in [2.75, 3.05) is 37.6 Å². The molecule has 8 nitrogen and oxygen atoms in total. The molecule has 1 spiro atoms. The van der Waals surface area contributed by atoms with Crippen molar-refractivity contribution in [1.29, 1.82) is 0 Å². The van der Waals surface area contributed by atoms with Crippen molar-refractivity contribution in [2.45, 2.75) is 38.5 Å². The molecule has 8 heteroatoms. The van der Waals surface area contributed by atoms with Crippen LogP contribution in [0.25, 0.3) is 11.0 Å². The van der Waals surface area contributed by atoms with Crippen molar-refractivity contribution in [3.8, 4) is 5.75 Å². The number of aromatic amines is 1. The van der Waals surface area contributed by atoms with Gasteiger partial charge in [0.05, 0.1) is 10.9 Å². The number of carbonyl (C=O) groups is 1. The summed E-state index contributed by atoms with van der Waals surface area (Å²) in [6, 6.07) is 8.69. The molecular weight excluding hydrogens is 416 g/mol. The first-order valence-corrected chi connectivity index (χ1v) is 12.0. The SMILES string of the molecule is O=C(NCCCCCc1nc(N2CCNCC3(CC3)C2)c2cc[nH]c2n1)c1ccccc1O. The minimum atomic E-state index is -0.237. The Morgan fingerprint density at radius 2 is 2.03 bits per heavy atom. The zero-order valence-corrected chi connectivity index (χ0v) is 18.9. The predicted octanol–water partition coefficient (Wildman–Crippen LogP) is 3.00. The molecule has 2 aliphatic rings. The van der Waals surface area contributed by atoms with Gasteiger partial charge >= 0.3 is 0 Å². The molecule has 1 saturated carbocycles. The van der Waals surface area contributed by atoms with Gasteiger partial charge in [-0.05, 0) is 43.9 Å². The summed E-state index contributed by atoms with van der Waals surface area (Å²) in [7, 11) is 0. The van der Waals surface area contributed by atoms with Gasteiger partial charge in [0.25, 0.3) is 5.91 Å². The minimum absolute atomic E-state index is 0.00968. The number of phenolic OH excluding ortho intramolecular Hbond substituents is 1. The fourth-order valence-electron chi connectivity index (χ4n) is 4.67. The molecule has 1 aromatic carbocycles. The highest BCUT2D eigenvalue weighted by Gasteiger charge is 2.45. The molecule has 3 heterocycles. The molecule has 0 bridgehead atoms. The third-order valence-corrected chi connectivity index (χ3v) is 6.79. The second-order valence-corrected chi connectivity index (χ2v) is 9.39. The predicted molar refractivity (Wildman–Crippen MR) is 129 cm³/mol. The Morgan fingerprint density at radius 1 is 1.15 bits per heavy atom. The van der Waals surface area contributed by atoms with Crippen LogP contribution in [0.3, 0.4) is 0 Å². The Morgan fingerprint density at radius 3 is 2.88 bits per heavy atom. The van der Waals surface area contributed by atoms with Crippen molar-refractivity contribution in [3.63, 3.8) is 0 Å². The third kappa shape index (κ3) is 4.95. The summed E-state index contributed by atoms with van der Waals surface area (Å²) in [5.74, 6) is 1.70. The van der Waals surface area contributed by atoms with Crippen LogP contribution in [0.1, 0.15) is 48.3 Å². The molecule has 0 atom stereocenters. The van der Waals surface area contributed by atoms with E-state index in [1.807, 2.05) is 6.20 Å². The van der Waals surface area contributed by atoms with Crippen LogP contribution < -0.4 is 15.5 Å². The van der Waals surface area contributed by atoms with Crippen LogP contribution >= 0.6 is 0 Å². The molecular formula is C25H32N6O2. The summed E-state index contributed by atoms with van der Waals surface area (Å²) < 4.78 is 0. The van der Waals surface area contributed by atoms with Crippen molar-refractivity contribution in [3.05, 3.63) is 47.9 Å². The Hall–Kier alpha value is -3.13. The van der Waals surface area contributed by atoms with Crippen LogP contribution in [-0.2, 0) is 6.42 Å². The maximum atomic E-state index is 12.2. The van der Waals surface area contributed by atoms with E-state index in [9.17, 15) is 9.90 Å². The number of aryl methyl sites for hydroxylation is 1. The highest BCUT2D eigenvalue weighted by molar-refractivity contribution is 5.96. The number of amides is 1. The number of unbranched alkanes of at least 4 members (excludes halogenated alkanes) is 2. The number of anilines is 1. The second-order valence-electron chi connectivity index (χ2n) is 9.39. The largest absolute Gasteiger partial charge is 0.507 e. The minimum Gasteiger partial charge on any atom is -0.507 e. The number of aromatic hydroxyl groups is 1. The van der Waals surface area contributed by atoms with E-state index in [-0.39, 0.29) is 11.7 Å². The number of aromatic nitrogens is 3. The molecule has 1 amide bonds. The number of hydrogen-bond acceptors (Lipinski definition) is 6. The number of phenols is 1. The van der Waals surface area contributed by atoms with E-state index in [1.165, 1.54) is 18.9 Å². The van der Waals surface area contributed by atoms with Gasteiger partial charge in [-0.25, -0.2) is 9.97 Å². The number of hydrogen-bond donors (Lipinski definition) is 4. The molecule has 0 unspecified atom stereocenters. The highest BCUT2D eigenvalue weighted by atomic mass is 16.3. The maximum Gasteiger partial charge on any atom is 0.255 e. The van der Waals surface area contributed by atoms with Crippen molar-refractivity contribution in [2.24, 2.45) is 5.41 Å². The number of H-pyrrole nitrogens is 1. The standard InChI is InChI=1S/C25H32N6O2/c32-20-7-4-3-6-18(20)24(33)28-12-5-1-2-8-21-29-22-19(9-13-27-22)23(30-21)31-15-14-26-16-25(17-31)10-11-25/h3-4,6-7,9,13,26,32H,1-2,5,8,10-12,14-17H2,(H,28,33)(H,27,29,30). The number of fused-ring (bicyclic) bond motifs is 1. The summed E-state index contributed by atoms with van der Waals surface area (Å²) in [5, 5.41) is 17.4. The lowest BCUT2D eigenvalue weighted by Gasteiger charge is -2.25. The number of para-hydroxylation sites is 1. The molecule has 0 radical (unpaired) electrons. The molecule has 2 aromatic heterocycles. The lowest BCUT2D eigenvalue weighted by molar-refractivity contribution is 0.0950. The Labute approximate surface area is 193 Å². The smallest absolute Gasteiger partial charge is 0.255 e. The first-order chi connectivity index (χ1) is 16.1. The van der Waals surface area contributed by atoms with Gasteiger partial charge in [-0.1, -0.05) is 18.6 Å². The summed E-state index contributed by atoms with van der Waals surface area (Å²) in [5.41, 5.74) is 1.65. The van der Waals surface area contributed by atoms with E-state index in [0.717, 1.165) is 74.5 Å². The Bertz CT molecular complexity index is 1120. The van der Waals surface area contributed by atoms with Gasteiger partial charge in [0, 0.05) is 50.8 Å². The summed E-state index contributed by atoms with van der Waals surface area (Å²) in [6.07, 6.45) is 8.16. The third-order valence-electron chi connectivity index (χ3n) is 6.79. The van der Waals surface area contributed by atoms with E-state index in [0.29, 0.717) is 17.5 Å². The molecule has 2 fully saturated rings. The van der Waals surface area contributed by atoms with Crippen LogP contribution in [0.4, 0.5) is 5.82 Å². The van der Waals surface area contributed by atoms with Crippen LogP contribution in [-0.4, -0.2) is 58.7 Å². The van der Waals surface area contributed by atoms with E-state index in [1.54, 1.807) is 18.2 Å². The Balaban J connectivity index is 1.15. The van der Waals surface area contributed by atoms with Crippen molar-refractivity contribution < 1.29 is 9.90 Å². The van der Waals surface area contributed by atoms with Gasteiger partial charge in [0.1, 0.15) is 23.0 Å². The van der Waals surface area contributed by atoms with Gasteiger partial charge in [0.2, 0.25) is 0 Å². The van der Waals surface area contributed by atoms with Crippen molar-refractivity contribution in [1.82, 2.24) is 25.6 Å². The quantitative estimate of drug-likeness (QED) is 0.395. The lowest BCUT2D eigenvalue weighted by Crippen LogP contribution is -2.32. The number of benzene rings is 1. The number of nitrogens with one attached hydrogen (secondary N) is 3. The van der Waals surface area contributed by atoms with Crippen LogP contribution in [0.15, 0.2) is 36.5 Å². The zero-order chi connectivity index (χ0) is 22.7. The molecule has 4 N–H and O–H groups in total. The zero-order valence-electron chi connectivity index (χ0n) is 18.9. The monoisotopic (exact) mass is 448 g/mol. The normalized spacial score (nSPS) is 17.3. The highest BCUT2D eigenvalue weighted by Crippen LogP contribution is 2.47. The summed E-state index contributed by atoms with van der Waals surface area (Å²) >= 11 is 0. The first kappa shape index (κ1) is 21.7. The van der Waals surface area contributed by atoms with E-state index in [2.05, 4.69) is 26.6 Å². The molecule has 3 aromatic rings. The fourth-order valence-corrected chi connectivity index (χ4v) is 4.67. The molecule has 5 rings (SSSR count). The fraction of sp³-hybridized carbons (Fsp3) is 0.480. The van der Waals surface area contributed by atoms with Crippen LogP contribution in [0.2, 0.25) is 0 Å². The van der Waals surface area contributed by atoms with E-state index >= 15 is 0 Å². The topological polar surface area (TPSA) is 106 Å². The summed E-state index contributed by atoms with van der Waals surface area (Å²) in [4.78, 5) is 27.6. The average molecular weight is 449 g/mol. The number of nitrogens with zero attached hydrogens (tertiary/aromatic N) is 3. The van der Waals surface area contributed by atoms with Crippen LogP contribution in [0.5, 0.6) is 5.75 Å².